The minimum atomic E-state index is 0.415. The van der Waals surface area contributed by atoms with Crippen LogP contribution in [0.3, 0.4) is 0 Å². The van der Waals surface area contributed by atoms with E-state index in [1.165, 1.54) is 0 Å². The smallest absolute Gasteiger partial charge is 0.132 e. The third-order valence-corrected chi connectivity index (χ3v) is 2.15. The molecule has 0 amide bonds. The van der Waals surface area contributed by atoms with Crippen LogP contribution in [0.5, 0.6) is 0 Å². The van der Waals surface area contributed by atoms with Crippen molar-refractivity contribution in [2.24, 2.45) is 5.92 Å². The van der Waals surface area contributed by atoms with Gasteiger partial charge in [-0.15, -0.1) is 0 Å². The second-order valence-electron chi connectivity index (χ2n) is 3.26. The van der Waals surface area contributed by atoms with Crippen LogP contribution in [-0.2, 0) is 4.79 Å². The van der Waals surface area contributed by atoms with Gasteiger partial charge in [-0.1, -0.05) is 29.8 Å². The van der Waals surface area contributed by atoms with E-state index in [1.54, 1.807) is 0 Å². The number of hydrogen-bond acceptors (Lipinski definition) is 1. The van der Waals surface area contributed by atoms with Gasteiger partial charge in [-0.3, -0.25) is 4.79 Å². The number of carbonyl (C=O) groups is 1. The number of Topliss-reactive ketones (excluding diaryl/α,β-unsaturated/α-hetero) is 1. The van der Waals surface area contributed by atoms with Gasteiger partial charge in [-0.2, -0.15) is 0 Å². The van der Waals surface area contributed by atoms with Crippen molar-refractivity contribution in [3.05, 3.63) is 0 Å². The summed E-state index contributed by atoms with van der Waals surface area (Å²) in [5.41, 5.74) is 0. The molecule has 0 spiro atoms. The summed E-state index contributed by atoms with van der Waals surface area (Å²) >= 11 is 3.31. The molecule has 0 radical (unpaired) electrons. The molecule has 66 valence electrons. The molecule has 0 heterocycles. The summed E-state index contributed by atoms with van der Waals surface area (Å²) in [6.07, 6.45) is 3.54. The quantitative estimate of drug-likeness (QED) is 0.629. The normalized spacial score (nSPS) is 10.5. The molecule has 0 saturated carbocycles. The zero-order valence-corrected chi connectivity index (χ0v) is 8.99. The van der Waals surface area contributed by atoms with E-state index < -0.39 is 0 Å². The fourth-order valence-electron chi connectivity index (χ4n) is 0.839. The van der Waals surface area contributed by atoms with Crippen LogP contribution in [-0.4, -0.2) is 11.1 Å². The molecule has 11 heavy (non-hydrogen) atoms. The van der Waals surface area contributed by atoms with Gasteiger partial charge in [-0.05, 0) is 18.8 Å². The average Bonchev–Trinajstić information content (AvgIpc) is 1.97. The molecule has 0 saturated heterocycles. The predicted octanol–water partition coefficient (Wildman–Crippen LogP) is 3.17. The summed E-state index contributed by atoms with van der Waals surface area (Å²) in [6.45, 7) is 4.30. The molecule has 0 N–H and O–H groups in total. The molecule has 0 aliphatic heterocycles. The minimum absolute atomic E-state index is 0.415. The molecular formula is C9H17BrO. The topological polar surface area (TPSA) is 17.1 Å². The average molecular weight is 221 g/mol. The molecule has 0 aliphatic rings. The molecule has 0 rings (SSSR count). The monoisotopic (exact) mass is 220 g/mol. The van der Waals surface area contributed by atoms with Crippen molar-refractivity contribution in [1.82, 2.24) is 0 Å². The number of carbonyl (C=O) groups excluding carboxylic acids is 1. The van der Waals surface area contributed by atoms with Gasteiger partial charge in [-0.25, -0.2) is 0 Å². The lowest BCUT2D eigenvalue weighted by atomic mass is 10.0. The number of alkyl halides is 1. The Morgan fingerprint density at radius 2 is 2.00 bits per heavy atom. The summed E-state index contributed by atoms with van der Waals surface area (Å²) in [5.74, 6) is 1.07. The first-order valence-corrected chi connectivity index (χ1v) is 5.36. The lowest BCUT2D eigenvalue weighted by Crippen LogP contribution is -2.00. The predicted molar refractivity (Wildman–Crippen MR) is 52.1 cm³/mol. The molecule has 0 bridgehead atoms. The van der Waals surface area contributed by atoms with E-state index in [4.69, 9.17) is 0 Å². The fourth-order valence-corrected chi connectivity index (χ4v) is 1.12. The summed E-state index contributed by atoms with van der Waals surface area (Å²) < 4.78 is 0. The van der Waals surface area contributed by atoms with E-state index in [2.05, 4.69) is 29.8 Å². The Labute approximate surface area is 77.7 Å². The van der Waals surface area contributed by atoms with E-state index in [0.717, 1.165) is 31.0 Å². The highest BCUT2D eigenvalue weighted by atomic mass is 79.9. The zero-order chi connectivity index (χ0) is 8.69. The van der Waals surface area contributed by atoms with Crippen molar-refractivity contribution in [3.8, 4) is 0 Å². The Kier molecular flexibility index (Phi) is 6.93. The molecule has 0 aromatic rings. The molecule has 0 atom stereocenters. The van der Waals surface area contributed by atoms with Gasteiger partial charge in [0.05, 0.1) is 0 Å². The molecule has 0 fully saturated rings. The Balaban J connectivity index is 3.23. The number of hydrogen-bond donors (Lipinski definition) is 0. The zero-order valence-electron chi connectivity index (χ0n) is 7.40. The second kappa shape index (κ2) is 6.84. The summed E-state index contributed by atoms with van der Waals surface area (Å²) in [6, 6.07) is 0. The van der Waals surface area contributed by atoms with Gasteiger partial charge < -0.3 is 0 Å². The SMILES string of the molecule is CC(C)CCC(=O)CCCBr. The summed E-state index contributed by atoms with van der Waals surface area (Å²) in [5, 5.41) is 0.945. The van der Waals surface area contributed by atoms with Crippen LogP contribution >= 0.6 is 15.9 Å². The molecule has 0 aliphatic carbocycles. The highest BCUT2D eigenvalue weighted by molar-refractivity contribution is 9.09. The Bertz CT molecular complexity index is 110. The third-order valence-electron chi connectivity index (χ3n) is 1.59. The van der Waals surface area contributed by atoms with Gasteiger partial charge in [0.25, 0.3) is 0 Å². The number of halogens is 1. The van der Waals surface area contributed by atoms with E-state index >= 15 is 0 Å². The van der Waals surface area contributed by atoms with Crippen LogP contribution in [0.4, 0.5) is 0 Å². The van der Waals surface area contributed by atoms with E-state index in [9.17, 15) is 4.79 Å². The maximum absolute atomic E-state index is 11.1. The van der Waals surface area contributed by atoms with Gasteiger partial charge in [0.15, 0.2) is 0 Å². The lowest BCUT2D eigenvalue weighted by molar-refractivity contribution is -0.119. The largest absolute Gasteiger partial charge is 0.300 e. The van der Waals surface area contributed by atoms with Crippen LogP contribution in [0.2, 0.25) is 0 Å². The van der Waals surface area contributed by atoms with Gasteiger partial charge in [0.2, 0.25) is 0 Å². The maximum Gasteiger partial charge on any atom is 0.132 e. The Morgan fingerprint density at radius 1 is 1.36 bits per heavy atom. The first-order valence-electron chi connectivity index (χ1n) is 4.24. The summed E-state index contributed by atoms with van der Waals surface area (Å²) in [7, 11) is 0. The van der Waals surface area contributed by atoms with Crippen molar-refractivity contribution in [2.45, 2.75) is 39.5 Å². The molecule has 2 heteroatoms. The molecule has 0 aromatic heterocycles. The molecule has 0 aromatic carbocycles. The van der Waals surface area contributed by atoms with Gasteiger partial charge >= 0.3 is 0 Å². The minimum Gasteiger partial charge on any atom is -0.300 e. The summed E-state index contributed by atoms with van der Waals surface area (Å²) in [4.78, 5) is 11.1. The van der Waals surface area contributed by atoms with Crippen molar-refractivity contribution in [2.75, 3.05) is 5.33 Å². The molecule has 0 unspecified atom stereocenters. The number of rotatable bonds is 6. The van der Waals surface area contributed by atoms with Crippen molar-refractivity contribution in [3.63, 3.8) is 0 Å². The first kappa shape index (κ1) is 11.2. The van der Waals surface area contributed by atoms with Crippen LogP contribution in [0.15, 0.2) is 0 Å². The van der Waals surface area contributed by atoms with E-state index in [1.807, 2.05) is 0 Å². The first-order chi connectivity index (χ1) is 5.16. The van der Waals surface area contributed by atoms with Crippen LogP contribution < -0.4 is 0 Å². The van der Waals surface area contributed by atoms with E-state index in [0.29, 0.717) is 11.7 Å². The van der Waals surface area contributed by atoms with Crippen molar-refractivity contribution < 1.29 is 4.79 Å². The van der Waals surface area contributed by atoms with Crippen LogP contribution in [0.1, 0.15) is 39.5 Å². The molecular weight excluding hydrogens is 204 g/mol. The van der Waals surface area contributed by atoms with Gasteiger partial charge in [0, 0.05) is 18.2 Å². The number of ketones is 1. The van der Waals surface area contributed by atoms with Crippen LogP contribution in [0, 0.1) is 5.92 Å². The lowest BCUT2D eigenvalue weighted by Gasteiger charge is -2.02. The van der Waals surface area contributed by atoms with E-state index in [-0.39, 0.29) is 0 Å². The fraction of sp³-hybridized carbons (Fsp3) is 0.889. The third kappa shape index (κ3) is 8.05. The second-order valence-corrected chi connectivity index (χ2v) is 4.06. The highest BCUT2D eigenvalue weighted by Crippen LogP contribution is 2.06. The van der Waals surface area contributed by atoms with Crippen LogP contribution in [0.25, 0.3) is 0 Å². The van der Waals surface area contributed by atoms with Crippen molar-refractivity contribution in [1.29, 1.82) is 0 Å². The Morgan fingerprint density at radius 3 is 2.45 bits per heavy atom. The van der Waals surface area contributed by atoms with Gasteiger partial charge in [0.1, 0.15) is 5.78 Å². The molecule has 1 nitrogen and oxygen atoms in total. The Hall–Kier alpha value is 0.150. The highest BCUT2D eigenvalue weighted by Gasteiger charge is 2.02. The maximum atomic E-state index is 11.1. The van der Waals surface area contributed by atoms with Crippen molar-refractivity contribution >= 4 is 21.7 Å². The standard InChI is InChI=1S/C9H17BrO/c1-8(2)5-6-9(11)4-3-7-10/h8H,3-7H2,1-2H3.